The number of nitrogens with one attached hydrogen (secondary N) is 1. The lowest BCUT2D eigenvalue weighted by Crippen LogP contribution is -2.41. The zero-order chi connectivity index (χ0) is 28.1. The molecule has 7 rings (SSSR count). The van der Waals surface area contributed by atoms with Crippen molar-refractivity contribution >= 4 is 27.9 Å². The van der Waals surface area contributed by atoms with Gasteiger partial charge in [-0.05, 0) is 74.6 Å². The Balaban J connectivity index is 1.31. The molecule has 3 aromatic carbocycles. The third-order valence-electron chi connectivity index (χ3n) is 8.65. The van der Waals surface area contributed by atoms with Gasteiger partial charge in [-0.15, -0.1) is 0 Å². The number of fused-ring (bicyclic) bond motifs is 6. The molecular formula is C34H35N3O4. The summed E-state index contributed by atoms with van der Waals surface area (Å²) in [7, 11) is 1.68. The average Bonchev–Trinajstić information content (AvgIpc) is 3.52. The maximum Gasteiger partial charge on any atom is 0.252 e. The molecular weight excluding hydrogens is 514 g/mol. The van der Waals surface area contributed by atoms with E-state index in [0.717, 1.165) is 28.1 Å². The number of aromatic nitrogens is 2. The first-order chi connectivity index (χ1) is 19.9. The van der Waals surface area contributed by atoms with Gasteiger partial charge in [0.05, 0.1) is 19.3 Å². The zero-order valence-corrected chi connectivity index (χ0v) is 23.8. The van der Waals surface area contributed by atoms with Crippen LogP contribution in [0.4, 0.5) is 0 Å². The fraction of sp³-hybridized carbons (Fsp3) is 0.353. The molecule has 1 saturated carbocycles. The summed E-state index contributed by atoms with van der Waals surface area (Å²) in [6.45, 7) is 5.08. The summed E-state index contributed by atoms with van der Waals surface area (Å²) in [5, 5.41) is 4.39. The lowest BCUT2D eigenvalue weighted by Gasteiger charge is -2.24. The number of nitrogens with zero attached hydrogens (tertiary/aromatic N) is 2. The summed E-state index contributed by atoms with van der Waals surface area (Å²) in [6.07, 6.45) is 6.14. The molecule has 0 radical (unpaired) electrons. The summed E-state index contributed by atoms with van der Waals surface area (Å²) in [5.41, 5.74) is 6.05. The van der Waals surface area contributed by atoms with Crippen LogP contribution in [0.3, 0.4) is 0 Å². The molecule has 2 aliphatic rings. The van der Waals surface area contributed by atoms with Crippen molar-refractivity contribution in [3.63, 3.8) is 0 Å². The third-order valence-corrected chi connectivity index (χ3v) is 8.65. The van der Waals surface area contributed by atoms with Crippen molar-refractivity contribution < 1.29 is 18.7 Å². The van der Waals surface area contributed by atoms with Gasteiger partial charge in [-0.1, -0.05) is 37.5 Å². The van der Waals surface area contributed by atoms with Crippen LogP contribution in [0.2, 0.25) is 0 Å². The number of rotatable bonds is 5. The predicted octanol–water partition coefficient (Wildman–Crippen LogP) is 7.56. The van der Waals surface area contributed by atoms with Gasteiger partial charge in [0.1, 0.15) is 29.2 Å². The van der Waals surface area contributed by atoms with E-state index in [4.69, 9.17) is 13.9 Å². The summed E-state index contributed by atoms with van der Waals surface area (Å²) in [5.74, 6) is 2.43. The van der Waals surface area contributed by atoms with E-state index in [2.05, 4.69) is 27.0 Å². The van der Waals surface area contributed by atoms with Crippen molar-refractivity contribution in [2.75, 3.05) is 13.7 Å². The number of para-hydroxylation sites is 2. The van der Waals surface area contributed by atoms with Crippen molar-refractivity contribution in [2.24, 2.45) is 0 Å². The third kappa shape index (κ3) is 4.44. The topological polar surface area (TPSA) is 78.5 Å². The minimum Gasteiger partial charge on any atom is -0.497 e. The first-order valence-corrected chi connectivity index (χ1v) is 14.6. The van der Waals surface area contributed by atoms with E-state index < -0.39 is 5.54 Å². The number of hydrogen-bond donors (Lipinski definition) is 1. The Morgan fingerprint density at radius 2 is 1.88 bits per heavy atom. The minimum absolute atomic E-state index is 0.163. The molecule has 1 aliphatic carbocycles. The lowest BCUT2D eigenvalue weighted by atomic mass is 9.81. The van der Waals surface area contributed by atoms with Crippen LogP contribution in [0.1, 0.15) is 73.7 Å². The largest absolute Gasteiger partial charge is 0.497 e. The number of benzene rings is 3. The highest BCUT2D eigenvalue weighted by atomic mass is 16.5. The Kier molecular flexibility index (Phi) is 6.25. The molecule has 1 fully saturated rings. The molecule has 5 aromatic rings. The highest BCUT2D eigenvalue weighted by Gasteiger charge is 2.32. The van der Waals surface area contributed by atoms with E-state index in [0.29, 0.717) is 36.1 Å². The van der Waals surface area contributed by atoms with Crippen molar-refractivity contribution in [3.05, 3.63) is 77.7 Å². The maximum absolute atomic E-state index is 13.7. The molecule has 1 amide bonds. The highest BCUT2D eigenvalue weighted by Crippen LogP contribution is 2.47. The Hall–Kier alpha value is -4.26. The summed E-state index contributed by atoms with van der Waals surface area (Å²) in [6, 6.07) is 19.9. The number of oxazole rings is 1. The fourth-order valence-electron chi connectivity index (χ4n) is 6.59. The maximum atomic E-state index is 13.7. The first kappa shape index (κ1) is 25.7. The van der Waals surface area contributed by atoms with E-state index in [1.165, 1.54) is 48.7 Å². The Morgan fingerprint density at radius 3 is 2.68 bits per heavy atom. The number of ether oxygens (including phenoxy) is 2. The molecule has 0 bridgehead atoms. The highest BCUT2D eigenvalue weighted by molar-refractivity contribution is 6.01. The van der Waals surface area contributed by atoms with Gasteiger partial charge in [-0.3, -0.25) is 4.79 Å². The number of amides is 1. The molecule has 2 aromatic heterocycles. The minimum atomic E-state index is -0.791. The van der Waals surface area contributed by atoms with Crippen LogP contribution in [0.25, 0.3) is 33.3 Å². The number of hydrogen-bond acceptors (Lipinski definition) is 5. The molecule has 3 heterocycles. The SMILES string of the molecule is COc1ccc2c(c1)OCCn1c-2c(C2CCCCC2)c2ccc(C(=O)NC(C)(C)c3nc4ccccc4o3)cc21. The lowest BCUT2D eigenvalue weighted by molar-refractivity contribution is 0.0900. The van der Waals surface area contributed by atoms with E-state index in [1.807, 2.05) is 62.4 Å². The van der Waals surface area contributed by atoms with Gasteiger partial charge < -0.3 is 23.8 Å². The quantitative estimate of drug-likeness (QED) is 0.245. The number of carbonyl (C=O) groups is 1. The molecule has 7 nitrogen and oxygen atoms in total. The fourth-order valence-corrected chi connectivity index (χ4v) is 6.59. The molecule has 41 heavy (non-hydrogen) atoms. The summed E-state index contributed by atoms with van der Waals surface area (Å²) in [4.78, 5) is 18.3. The second-order valence-corrected chi connectivity index (χ2v) is 11.8. The van der Waals surface area contributed by atoms with Gasteiger partial charge in [0, 0.05) is 28.1 Å². The van der Waals surface area contributed by atoms with Gasteiger partial charge >= 0.3 is 0 Å². The van der Waals surface area contributed by atoms with Crippen LogP contribution in [-0.2, 0) is 12.1 Å². The molecule has 210 valence electrons. The van der Waals surface area contributed by atoms with E-state index in [-0.39, 0.29) is 5.91 Å². The van der Waals surface area contributed by atoms with Gasteiger partial charge in [0.2, 0.25) is 5.89 Å². The molecule has 0 unspecified atom stereocenters. The van der Waals surface area contributed by atoms with Crippen molar-refractivity contribution in [1.29, 1.82) is 0 Å². The molecule has 0 spiro atoms. The Morgan fingerprint density at radius 1 is 1.05 bits per heavy atom. The van der Waals surface area contributed by atoms with Gasteiger partial charge in [-0.2, -0.15) is 0 Å². The van der Waals surface area contributed by atoms with Crippen molar-refractivity contribution in [1.82, 2.24) is 14.9 Å². The second kappa shape index (κ2) is 9.98. The van der Waals surface area contributed by atoms with Crippen LogP contribution in [0.15, 0.2) is 65.1 Å². The van der Waals surface area contributed by atoms with E-state index in [9.17, 15) is 4.79 Å². The van der Waals surface area contributed by atoms with Gasteiger partial charge in [0.15, 0.2) is 5.58 Å². The van der Waals surface area contributed by atoms with Crippen LogP contribution < -0.4 is 14.8 Å². The van der Waals surface area contributed by atoms with Gasteiger partial charge in [-0.25, -0.2) is 4.98 Å². The molecule has 0 saturated heterocycles. The van der Waals surface area contributed by atoms with Crippen molar-refractivity contribution in [3.8, 4) is 22.8 Å². The molecule has 1 aliphatic heterocycles. The number of methoxy groups -OCH3 is 1. The average molecular weight is 550 g/mol. The number of carbonyl (C=O) groups excluding carboxylic acids is 1. The molecule has 7 heteroatoms. The predicted molar refractivity (Wildman–Crippen MR) is 160 cm³/mol. The van der Waals surface area contributed by atoms with Crippen LogP contribution in [0.5, 0.6) is 11.5 Å². The standard InChI is InChI=1S/C34H35N3O4/c1-34(2,33-35-26-11-7-8-12-28(26)41-33)36-32(38)22-13-15-24-27(19-22)37-17-18-40-29-20-23(39-3)14-16-25(29)31(37)30(24)21-9-5-4-6-10-21/h7-8,11-16,19-21H,4-6,9-10,17-18H2,1-3H3,(H,36,38). The normalized spacial score (nSPS) is 15.7. The zero-order valence-electron chi connectivity index (χ0n) is 23.8. The summed E-state index contributed by atoms with van der Waals surface area (Å²) >= 11 is 0. The van der Waals surface area contributed by atoms with Crippen LogP contribution in [-0.4, -0.2) is 29.2 Å². The van der Waals surface area contributed by atoms with Crippen LogP contribution in [0, 0.1) is 0 Å². The van der Waals surface area contributed by atoms with Crippen molar-refractivity contribution in [2.45, 2.75) is 64.0 Å². The first-order valence-electron chi connectivity index (χ1n) is 14.6. The molecule has 0 atom stereocenters. The smallest absolute Gasteiger partial charge is 0.252 e. The Bertz CT molecular complexity index is 1740. The summed E-state index contributed by atoms with van der Waals surface area (Å²) < 4.78 is 20.1. The van der Waals surface area contributed by atoms with Crippen LogP contribution >= 0.6 is 0 Å². The second-order valence-electron chi connectivity index (χ2n) is 11.8. The van der Waals surface area contributed by atoms with Gasteiger partial charge in [0.25, 0.3) is 5.91 Å². The van der Waals surface area contributed by atoms with E-state index >= 15 is 0 Å². The monoisotopic (exact) mass is 549 g/mol. The van der Waals surface area contributed by atoms with E-state index in [1.54, 1.807) is 7.11 Å². The Labute approximate surface area is 239 Å². The molecule has 1 N–H and O–H groups in total.